The second-order valence-corrected chi connectivity index (χ2v) is 4.84. The number of carbonyl (C=O) groups is 1. The standard InChI is InChI=1S/C15H15ClN2O/c1-18(2)14-5-3-4-13(10-14)17-15(19)11-6-8-12(16)9-7-11/h3-10H,1-2H3,(H,17,19). The maximum absolute atomic E-state index is 12.0. The number of nitrogens with zero attached hydrogens (tertiary/aromatic N) is 1. The highest BCUT2D eigenvalue weighted by atomic mass is 35.5. The van der Waals surface area contributed by atoms with E-state index in [1.54, 1.807) is 24.3 Å². The van der Waals surface area contributed by atoms with E-state index in [9.17, 15) is 4.79 Å². The summed E-state index contributed by atoms with van der Waals surface area (Å²) in [6.45, 7) is 0. The number of nitrogens with one attached hydrogen (secondary N) is 1. The number of halogens is 1. The Kier molecular flexibility index (Phi) is 4.07. The van der Waals surface area contributed by atoms with E-state index in [-0.39, 0.29) is 5.91 Å². The van der Waals surface area contributed by atoms with E-state index < -0.39 is 0 Å². The van der Waals surface area contributed by atoms with Gasteiger partial charge in [0.1, 0.15) is 0 Å². The third-order valence-electron chi connectivity index (χ3n) is 2.73. The Morgan fingerprint density at radius 1 is 1.11 bits per heavy atom. The summed E-state index contributed by atoms with van der Waals surface area (Å²) >= 11 is 5.79. The van der Waals surface area contributed by atoms with Crippen LogP contribution in [0, 0.1) is 0 Å². The van der Waals surface area contributed by atoms with Gasteiger partial charge in [-0.15, -0.1) is 0 Å². The van der Waals surface area contributed by atoms with E-state index in [0.29, 0.717) is 10.6 Å². The average molecular weight is 275 g/mol. The predicted octanol–water partition coefficient (Wildman–Crippen LogP) is 3.66. The summed E-state index contributed by atoms with van der Waals surface area (Å²) < 4.78 is 0. The molecule has 0 saturated heterocycles. The molecule has 98 valence electrons. The fraction of sp³-hybridized carbons (Fsp3) is 0.133. The Morgan fingerprint density at radius 3 is 2.42 bits per heavy atom. The highest BCUT2D eigenvalue weighted by molar-refractivity contribution is 6.30. The highest BCUT2D eigenvalue weighted by Crippen LogP contribution is 2.18. The molecule has 0 saturated carbocycles. The van der Waals surface area contributed by atoms with E-state index in [0.717, 1.165) is 11.4 Å². The molecular weight excluding hydrogens is 260 g/mol. The molecule has 19 heavy (non-hydrogen) atoms. The summed E-state index contributed by atoms with van der Waals surface area (Å²) in [6, 6.07) is 14.5. The number of carbonyl (C=O) groups excluding carboxylic acids is 1. The average Bonchev–Trinajstić information content (AvgIpc) is 2.39. The van der Waals surface area contributed by atoms with E-state index in [1.165, 1.54) is 0 Å². The maximum atomic E-state index is 12.0. The van der Waals surface area contributed by atoms with Crippen LogP contribution in [0.25, 0.3) is 0 Å². The van der Waals surface area contributed by atoms with Crippen molar-refractivity contribution in [3.63, 3.8) is 0 Å². The maximum Gasteiger partial charge on any atom is 0.255 e. The van der Waals surface area contributed by atoms with Gasteiger partial charge in [-0.05, 0) is 42.5 Å². The Labute approximate surface area is 117 Å². The molecule has 0 bridgehead atoms. The zero-order valence-corrected chi connectivity index (χ0v) is 11.6. The minimum atomic E-state index is -0.146. The molecule has 0 atom stereocenters. The van der Waals surface area contributed by atoms with E-state index in [2.05, 4.69) is 5.32 Å². The van der Waals surface area contributed by atoms with Crippen molar-refractivity contribution >= 4 is 28.9 Å². The van der Waals surface area contributed by atoms with Gasteiger partial charge in [0, 0.05) is 36.1 Å². The summed E-state index contributed by atoms with van der Waals surface area (Å²) in [6.07, 6.45) is 0. The number of hydrogen-bond donors (Lipinski definition) is 1. The predicted molar refractivity (Wildman–Crippen MR) is 80.2 cm³/mol. The fourth-order valence-corrected chi connectivity index (χ4v) is 1.79. The molecule has 0 heterocycles. The minimum Gasteiger partial charge on any atom is -0.378 e. The Hall–Kier alpha value is -2.00. The van der Waals surface area contributed by atoms with Crippen molar-refractivity contribution in [2.75, 3.05) is 24.3 Å². The summed E-state index contributed by atoms with van der Waals surface area (Å²) in [4.78, 5) is 14.0. The Morgan fingerprint density at radius 2 is 1.79 bits per heavy atom. The molecule has 0 aliphatic heterocycles. The van der Waals surface area contributed by atoms with E-state index in [1.807, 2.05) is 43.3 Å². The first-order valence-electron chi connectivity index (χ1n) is 5.90. The zero-order valence-electron chi connectivity index (χ0n) is 10.9. The topological polar surface area (TPSA) is 32.3 Å². The Balaban J connectivity index is 2.14. The molecular formula is C15H15ClN2O. The van der Waals surface area contributed by atoms with Crippen molar-refractivity contribution in [2.45, 2.75) is 0 Å². The number of benzene rings is 2. The van der Waals surface area contributed by atoms with Gasteiger partial charge in [0.05, 0.1) is 0 Å². The lowest BCUT2D eigenvalue weighted by atomic mass is 10.2. The molecule has 3 nitrogen and oxygen atoms in total. The third kappa shape index (κ3) is 3.48. The normalized spacial score (nSPS) is 10.1. The lowest BCUT2D eigenvalue weighted by Gasteiger charge is -2.14. The molecule has 0 unspecified atom stereocenters. The van der Waals surface area contributed by atoms with Crippen LogP contribution in [0.15, 0.2) is 48.5 Å². The molecule has 0 spiro atoms. The number of amides is 1. The number of hydrogen-bond acceptors (Lipinski definition) is 2. The van der Waals surface area contributed by atoms with E-state index in [4.69, 9.17) is 11.6 Å². The van der Waals surface area contributed by atoms with Gasteiger partial charge in [-0.25, -0.2) is 0 Å². The monoisotopic (exact) mass is 274 g/mol. The number of rotatable bonds is 3. The van der Waals surface area contributed by atoms with Gasteiger partial charge in [-0.1, -0.05) is 17.7 Å². The van der Waals surface area contributed by atoms with Crippen molar-refractivity contribution < 1.29 is 4.79 Å². The Bertz CT molecular complexity index is 579. The summed E-state index contributed by atoms with van der Waals surface area (Å²) in [5.74, 6) is -0.146. The van der Waals surface area contributed by atoms with Gasteiger partial charge >= 0.3 is 0 Å². The van der Waals surface area contributed by atoms with Crippen LogP contribution in [-0.4, -0.2) is 20.0 Å². The molecule has 0 aromatic heterocycles. The van der Waals surface area contributed by atoms with Crippen molar-refractivity contribution in [1.82, 2.24) is 0 Å². The summed E-state index contributed by atoms with van der Waals surface area (Å²) in [5.41, 5.74) is 2.39. The van der Waals surface area contributed by atoms with Gasteiger partial charge in [0.2, 0.25) is 0 Å². The van der Waals surface area contributed by atoms with Crippen LogP contribution >= 0.6 is 11.6 Å². The molecule has 2 rings (SSSR count). The van der Waals surface area contributed by atoms with Crippen molar-refractivity contribution in [3.8, 4) is 0 Å². The largest absolute Gasteiger partial charge is 0.378 e. The summed E-state index contributed by atoms with van der Waals surface area (Å²) in [7, 11) is 3.92. The summed E-state index contributed by atoms with van der Waals surface area (Å²) in [5, 5.41) is 3.48. The van der Waals surface area contributed by atoms with Gasteiger partial charge in [0.15, 0.2) is 0 Å². The first-order chi connectivity index (χ1) is 9.06. The third-order valence-corrected chi connectivity index (χ3v) is 2.98. The van der Waals surface area contributed by atoms with Crippen LogP contribution in [0.3, 0.4) is 0 Å². The van der Waals surface area contributed by atoms with Crippen LogP contribution in [0.5, 0.6) is 0 Å². The van der Waals surface area contributed by atoms with Crippen LogP contribution in [0.4, 0.5) is 11.4 Å². The van der Waals surface area contributed by atoms with Gasteiger partial charge in [-0.3, -0.25) is 4.79 Å². The fourth-order valence-electron chi connectivity index (χ4n) is 1.67. The molecule has 0 aliphatic rings. The molecule has 1 N–H and O–H groups in total. The van der Waals surface area contributed by atoms with Crippen LogP contribution < -0.4 is 10.2 Å². The first kappa shape index (κ1) is 13.4. The van der Waals surface area contributed by atoms with Gasteiger partial charge < -0.3 is 10.2 Å². The van der Waals surface area contributed by atoms with Crippen molar-refractivity contribution in [3.05, 3.63) is 59.1 Å². The molecule has 1 amide bonds. The molecule has 0 radical (unpaired) electrons. The van der Waals surface area contributed by atoms with Crippen molar-refractivity contribution in [1.29, 1.82) is 0 Å². The number of anilines is 2. The second-order valence-electron chi connectivity index (χ2n) is 4.41. The second kappa shape index (κ2) is 5.76. The van der Waals surface area contributed by atoms with Crippen LogP contribution in [0.1, 0.15) is 10.4 Å². The minimum absolute atomic E-state index is 0.146. The van der Waals surface area contributed by atoms with Gasteiger partial charge in [-0.2, -0.15) is 0 Å². The molecule has 2 aromatic carbocycles. The lowest BCUT2D eigenvalue weighted by Crippen LogP contribution is -2.13. The van der Waals surface area contributed by atoms with E-state index >= 15 is 0 Å². The highest BCUT2D eigenvalue weighted by Gasteiger charge is 2.06. The molecule has 4 heteroatoms. The van der Waals surface area contributed by atoms with Gasteiger partial charge in [0.25, 0.3) is 5.91 Å². The molecule has 0 fully saturated rings. The van der Waals surface area contributed by atoms with Crippen LogP contribution in [-0.2, 0) is 0 Å². The molecule has 2 aromatic rings. The van der Waals surface area contributed by atoms with Crippen molar-refractivity contribution in [2.24, 2.45) is 0 Å². The quantitative estimate of drug-likeness (QED) is 0.926. The lowest BCUT2D eigenvalue weighted by molar-refractivity contribution is 0.102. The van der Waals surface area contributed by atoms with Crippen LogP contribution in [0.2, 0.25) is 5.02 Å². The SMILES string of the molecule is CN(C)c1cccc(NC(=O)c2ccc(Cl)cc2)c1. The molecule has 0 aliphatic carbocycles. The zero-order chi connectivity index (χ0) is 13.8. The first-order valence-corrected chi connectivity index (χ1v) is 6.28. The smallest absolute Gasteiger partial charge is 0.255 e.